The highest BCUT2D eigenvalue weighted by Gasteiger charge is 1.98. The molecule has 1 rings (SSSR count). The van der Waals surface area contributed by atoms with Crippen LogP contribution >= 0.6 is 22.6 Å². The molecule has 0 saturated heterocycles. The Morgan fingerprint density at radius 3 is 2.93 bits per heavy atom. The van der Waals surface area contributed by atoms with Crippen molar-refractivity contribution in [2.45, 2.75) is 6.92 Å². The van der Waals surface area contributed by atoms with E-state index in [2.05, 4.69) is 22.6 Å². The highest BCUT2D eigenvalue weighted by molar-refractivity contribution is 14.1. The van der Waals surface area contributed by atoms with Gasteiger partial charge in [0.05, 0.1) is 0 Å². The number of carboxylic acids is 1. The Labute approximate surface area is 102 Å². The summed E-state index contributed by atoms with van der Waals surface area (Å²) in [5.74, 6) is -0.169. The van der Waals surface area contributed by atoms with Crippen LogP contribution in [-0.4, -0.2) is 17.7 Å². The Balaban J connectivity index is 2.51. The molecular weight excluding hydrogens is 307 g/mol. The summed E-state index contributed by atoms with van der Waals surface area (Å²) in [4.78, 5) is 10.5. The van der Waals surface area contributed by atoms with Crippen LogP contribution < -0.4 is 4.74 Å². The lowest BCUT2D eigenvalue weighted by Crippen LogP contribution is -2.00. The maximum absolute atomic E-state index is 10.5. The van der Waals surface area contributed by atoms with Crippen LogP contribution in [0.5, 0.6) is 5.75 Å². The molecule has 0 saturated carbocycles. The molecule has 0 aliphatic rings. The van der Waals surface area contributed by atoms with Crippen LogP contribution in [0.15, 0.2) is 35.9 Å². The van der Waals surface area contributed by atoms with Crippen molar-refractivity contribution in [1.82, 2.24) is 0 Å². The molecule has 0 heterocycles. The van der Waals surface area contributed by atoms with Crippen molar-refractivity contribution in [1.29, 1.82) is 0 Å². The Bertz CT molecular complexity index is 385. The molecule has 15 heavy (non-hydrogen) atoms. The highest BCUT2D eigenvalue weighted by Crippen LogP contribution is 2.14. The van der Waals surface area contributed by atoms with E-state index in [0.717, 1.165) is 9.32 Å². The smallest absolute Gasteiger partial charge is 0.331 e. The maximum Gasteiger partial charge on any atom is 0.331 e. The average molecular weight is 318 g/mol. The average Bonchev–Trinajstić information content (AvgIpc) is 2.17. The van der Waals surface area contributed by atoms with Gasteiger partial charge >= 0.3 is 5.97 Å². The van der Waals surface area contributed by atoms with Gasteiger partial charge < -0.3 is 9.84 Å². The Hall–Kier alpha value is -1.04. The lowest BCUT2D eigenvalue weighted by molar-refractivity contribution is -0.132. The number of carboxylic acid groups (broad SMARTS) is 1. The molecule has 0 aliphatic heterocycles. The fourth-order valence-electron chi connectivity index (χ4n) is 0.907. The van der Waals surface area contributed by atoms with E-state index in [1.54, 1.807) is 13.0 Å². The van der Waals surface area contributed by atoms with Crippen molar-refractivity contribution in [2.75, 3.05) is 6.61 Å². The Morgan fingerprint density at radius 2 is 2.33 bits per heavy atom. The van der Waals surface area contributed by atoms with Gasteiger partial charge in [-0.15, -0.1) is 0 Å². The van der Waals surface area contributed by atoms with Crippen LogP contribution in [-0.2, 0) is 4.79 Å². The second kappa shape index (κ2) is 5.75. The van der Waals surface area contributed by atoms with E-state index < -0.39 is 5.97 Å². The molecule has 0 aliphatic carbocycles. The molecule has 1 aromatic carbocycles. The van der Waals surface area contributed by atoms with Gasteiger partial charge in [-0.3, -0.25) is 0 Å². The number of hydrogen-bond donors (Lipinski definition) is 1. The Kier molecular flexibility index (Phi) is 4.61. The van der Waals surface area contributed by atoms with Crippen LogP contribution in [0.25, 0.3) is 0 Å². The summed E-state index contributed by atoms with van der Waals surface area (Å²) >= 11 is 2.19. The highest BCUT2D eigenvalue weighted by atomic mass is 127. The van der Waals surface area contributed by atoms with Gasteiger partial charge in [-0.2, -0.15) is 0 Å². The van der Waals surface area contributed by atoms with Gasteiger partial charge in [0.2, 0.25) is 0 Å². The molecule has 0 unspecified atom stereocenters. The van der Waals surface area contributed by atoms with Crippen LogP contribution in [0, 0.1) is 3.57 Å². The predicted molar refractivity (Wildman–Crippen MR) is 66.0 cm³/mol. The molecule has 0 spiro atoms. The first kappa shape index (κ1) is 12.0. The lowest BCUT2D eigenvalue weighted by Gasteiger charge is -2.03. The van der Waals surface area contributed by atoms with Crippen LogP contribution in [0.2, 0.25) is 0 Å². The van der Waals surface area contributed by atoms with E-state index in [9.17, 15) is 4.79 Å². The quantitative estimate of drug-likeness (QED) is 0.686. The van der Waals surface area contributed by atoms with E-state index in [0.29, 0.717) is 5.57 Å². The largest absolute Gasteiger partial charge is 0.489 e. The molecule has 4 heteroatoms. The van der Waals surface area contributed by atoms with Crippen molar-refractivity contribution < 1.29 is 14.6 Å². The fourth-order valence-corrected chi connectivity index (χ4v) is 1.42. The first-order chi connectivity index (χ1) is 7.09. The van der Waals surface area contributed by atoms with Gasteiger partial charge in [-0.05, 0) is 53.8 Å². The van der Waals surface area contributed by atoms with Gasteiger partial charge in [0, 0.05) is 9.14 Å². The monoisotopic (exact) mass is 318 g/mol. The zero-order valence-electron chi connectivity index (χ0n) is 8.24. The molecule has 3 nitrogen and oxygen atoms in total. The van der Waals surface area contributed by atoms with Gasteiger partial charge in [0.25, 0.3) is 0 Å². The molecule has 0 bridgehead atoms. The SMILES string of the molecule is CC(=CCOc1cccc(I)c1)C(=O)O. The van der Waals surface area contributed by atoms with Gasteiger partial charge in [-0.25, -0.2) is 4.79 Å². The van der Waals surface area contributed by atoms with E-state index in [1.807, 2.05) is 24.3 Å². The molecule has 0 atom stereocenters. The summed E-state index contributed by atoms with van der Waals surface area (Å²) in [6, 6.07) is 7.59. The van der Waals surface area contributed by atoms with E-state index in [1.165, 1.54) is 0 Å². The molecule has 0 amide bonds. The number of halogens is 1. The third-order valence-corrected chi connectivity index (χ3v) is 2.44. The van der Waals surface area contributed by atoms with E-state index >= 15 is 0 Å². The fraction of sp³-hybridized carbons (Fsp3) is 0.182. The first-order valence-electron chi connectivity index (χ1n) is 4.38. The second-order valence-corrected chi connectivity index (χ2v) is 4.21. The van der Waals surface area contributed by atoms with Crippen molar-refractivity contribution in [3.8, 4) is 5.75 Å². The van der Waals surface area contributed by atoms with Crippen LogP contribution in [0.1, 0.15) is 6.92 Å². The number of benzene rings is 1. The lowest BCUT2D eigenvalue weighted by atomic mass is 10.3. The molecule has 0 fully saturated rings. The number of aliphatic carboxylic acids is 1. The summed E-state index contributed by atoms with van der Waals surface area (Å²) in [6.45, 7) is 1.82. The molecule has 1 N–H and O–H groups in total. The minimum Gasteiger partial charge on any atom is -0.489 e. The first-order valence-corrected chi connectivity index (χ1v) is 5.46. The molecular formula is C11H11IO3. The zero-order valence-corrected chi connectivity index (χ0v) is 10.4. The summed E-state index contributed by atoms with van der Waals surface area (Å²) in [7, 11) is 0. The van der Waals surface area contributed by atoms with Gasteiger partial charge in [0.1, 0.15) is 12.4 Å². The second-order valence-electron chi connectivity index (χ2n) is 2.96. The number of carbonyl (C=O) groups is 1. The van der Waals surface area contributed by atoms with Crippen molar-refractivity contribution in [3.63, 3.8) is 0 Å². The Morgan fingerprint density at radius 1 is 1.60 bits per heavy atom. The molecule has 0 radical (unpaired) electrons. The van der Waals surface area contributed by atoms with Crippen molar-refractivity contribution in [3.05, 3.63) is 39.5 Å². The minimum atomic E-state index is -0.916. The third-order valence-electron chi connectivity index (χ3n) is 1.77. The van der Waals surface area contributed by atoms with Gasteiger partial charge in [-0.1, -0.05) is 6.07 Å². The topological polar surface area (TPSA) is 46.5 Å². The van der Waals surface area contributed by atoms with E-state index in [-0.39, 0.29) is 6.61 Å². The number of ether oxygens (including phenoxy) is 1. The molecule has 80 valence electrons. The summed E-state index contributed by atoms with van der Waals surface area (Å²) in [5.41, 5.74) is 0.292. The predicted octanol–water partition coefficient (Wildman–Crippen LogP) is 2.70. The molecule has 1 aromatic rings. The van der Waals surface area contributed by atoms with Gasteiger partial charge in [0.15, 0.2) is 0 Å². The molecule has 0 aromatic heterocycles. The van der Waals surface area contributed by atoms with E-state index in [4.69, 9.17) is 9.84 Å². The summed E-state index contributed by atoms with van der Waals surface area (Å²) in [5, 5.41) is 8.60. The third kappa shape index (κ3) is 4.33. The van der Waals surface area contributed by atoms with Crippen LogP contribution in [0.3, 0.4) is 0 Å². The summed E-state index contributed by atoms with van der Waals surface area (Å²) in [6.07, 6.45) is 1.54. The van der Waals surface area contributed by atoms with Crippen molar-refractivity contribution in [2.24, 2.45) is 0 Å². The number of rotatable bonds is 4. The number of hydrogen-bond acceptors (Lipinski definition) is 2. The normalized spacial score (nSPS) is 11.2. The van der Waals surface area contributed by atoms with Crippen LogP contribution in [0.4, 0.5) is 0 Å². The minimum absolute atomic E-state index is 0.276. The van der Waals surface area contributed by atoms with Crippen molar-refractivity contribution >= 4 is 28.6 Å². The zero-order chi connectivity index (χ0) is 11.3. The standard InChI is InChI=1S/C11H11IO3/c1-8(11(13)14)5-6-15-10-4-2-3-9(12)7-10/h2-5,7H,6H2,1H3,(H,13,14). The summed E-state index contributed by atoms with van der Waals surface area (Å²) < 4.78 is 6.45. The maximum atomic E-state index is 10.5.